The summed E-state index contributed by atoms with van der Waals surface area (Å²) in [4.78, 5) is 20.8. The monoisotopic (exact) mass is 490 g/mol. The van der Waals surface area contributed by atoms with Crippen molar-refractivity contribution in [2.75, 3.05) is 36.0 Å². The van der Waals surface area contributed by atoms with Crippen LogP contribution >= 0.6 is 11.6 Å². The van der Waals surface area contributed by atoms with Gasteiger partial charge in [-0.1, -0.05) is 42.8 Å². The molecule has 2 N–H and O–H groups in total. The summed E-state index contributed by atoms with van der Waals surface area (Å²) in [5.74, 6) is 1.72. The standard InChI is InChI=1S/C28H31ClN4O2/c1-18-17-32(14-12-30-19(18)2)26-16-21(10-11-31-26)23-6-3-5-22(28(23)35)20-8-9-25(24(29)15-20)33-13-4-7-27(33)34/h3,5-6,8-11,15-16,18-19,30,35H,4,7,12-14,17H2,1-2H3/t18?,19-/m1/s1. The fourth-order valence-electron chi connectivity index (χ4n) is 5.00. The Morgan fingerprint density at radius 2 is 1.83 bits per heavy atom. The van der Waals surface area contributed by atoms with Gasteiger partial charge in [0.15, 0.2) is 0 Å². The van der Waals surface area contributed by atoms with E-state index in [0.29, 0.717) is 35.5 Å². The molecule has 2 aromatic carbocycles. The smallest absolute Gasteiger partial charge is 0.227 e. The zero-order valence-corrected chi connectivity index (χ0v) is 20.9. The molecule has 0 bridgehead atoms. The Bertz CT molecular complexity index is 1250. The van der Waals surface area contributed by atoms with Gasteiger partial charge in [-0.3, -0.25) is 4.79 Å². The Kier molecular flexibility index (Phi) is 6.67. The van der Waals surface area contributed by atoms with E-state index in [-0.39, 0.29) is 11.7 Å². The summed E-state index contributed by atoms with van der Waals surface area (Å²) in [6, 6.07) is 15.8. The van der Waals surface area contributed by atoms with Crippen molar-refractivity contribution >= 4 is 29.0 Å². The van der Waals surface area contributed by atoms with E-state index in [4.69, 9.17) is 11.6 Å². The molecule has 1 aromatic heterocycles. The Morgan fingerprint density at radius 3 is 2.54 bits per heavy atom. The first-order valence-electron chi connectivity index (χ1n) is 12.3. The number of phenols is 1. The molecule has 5 rings (SSSR count). The van der Waals surface area contributed by atoms with Crippen molar-refractivity contribution in [2.24, 2.45) is 5.92 Å². The molecule has 0 saturated carbocycles. The van der Waals surface area contributed by atoms with Crippen molar-refractivity contribution in [1.82, 2.24) is 10.3 Å². The third kappa shape index (κ3) is 4.73. The lowest BCUT2D eigenvalue weighted by Gasteiger charge is -2.25. The van der Waals surface area contributed by atoms with Crippen LogP contribution in [0.4, 0.5) is 11.5 Å². The van der Waals surface area contributed by atoms with E-state index in [9.17, 15) is 9.90 Å². The van der Waals surface area contributed by atoms with Crippen molar-refractivity contribution in [3.05, 3.63) is 59.8 Å². The number of rotatable bonds is 4. The molecule has 6 nitrogen and oxygen atoms in total. The summed E-state index contributed by atoms with van der Waals surface area (Å²) in [6.07, 6.45) is 3.21. The summed E-state index contributed by atoms with van der Waals surface area (Å²) in [7, 11) is 0. The Hall–Kier alpha value is -3.09. The van der Waals surface area contributed by atoms with Gasteiger partial charge in [-0.05, 0) is 54.7 Å². The number of nitrogens with zero attached hydrogens (tertiary/aromatic N) is 3. The van der Waals surface area contributed by atoms with Crippen LogP contribution in [-0.2, 0) is 4.79 Å². The number of anilines is 2. The van der Waals surface area contributed by atoms with Gasteiger partial charge in [0.25, 0.3) is 0 Å². The van der Waals surface area contributed by atoms with Gasteiger partial charge in [0.2, 0.25) is 5.91 Å². The molecule has 0 aliphatic carbocycles. The molecular formula is C28H31ClN4O2. The highest BCUT2D eigenvalue weighted by atomic mass is 35.5. The van der Waals surface area contributed by atoms with Gasteiger partial charge in [-0.15, -0.1) is 0 Å². The van der Waals surface area contributed by atoms with Crippen LogP contribution in [0.25, 0.3) is 22.3 Å². The van der Waals surface area contributed by atoms with E-state index in [1.165, 1.54) is 0 Å². The number of aromatic nitrogens is 1. The van der Waals surface area contributed by atoms with E-state index in [1.54, 1.807) is 4.90 Å². The van der Waals surface area contributed by atoms with Gasteiger partial charge in [-0.2, -0.15) is 0 Å². The molecule has 0 radical (unpaired) electrons. The minimum atomic E-state index is 0.0991. The summed E-state index contributed by atoms with van der Waals surface area (Å²) in [5, 5.41) is 15.3. The number of phenolic OH excluding ortho intramolecular Hbond substituents is 1. The van der Waals surface area contributed by atoms with Crippen molar-refractivity contribution in [1.29, 1.82) is 0 Å². The lowest BCUT2D eigenvalue weighted by molar-refractivity contribution is -0.117. The second kappa shape index (κ2) is 9.88. The van der Waals surface area contributed by atoms with Crippen LogP contribution in [-0.4, -0.2) is 48.2 Å². The first kappa shape index (κ1) is 23.6. The van der Waals surface area contributed by atoms with Crippen molar-refractivity contribution in [3.63, 3.8) is 0 Å². The van der Waals surface area contributed by atoms with Crippen LogP contribution in [0, 0.1) is 5.92 Å². The maximum Gasteiger partial charge on any atom is 0.227 e. The molecule has 0 spiro atoms. The minimum Gasteiger partial charge on any atom is -0.507 e. The number of hydrogen-bond donors (Lipinski definition) is 2. The van der Waals surface area contributed by atoms with E-state index >= 15 is 0 Å². The molecule has 35 heavy (non-hydrogen) atoms. The third-order valence-corrected chi connectivity index (χ3v) is 7.55. The lowest BCUT2D eigenvalue weighted by Crippen LogP contribution is -2.32. The number of halogens is 1. The number of para-hydroxylation sites is 1. The largest absolute Gasteiger partial charge is 0.507 e. The van der Waals surface area contributed by atoms with Gasteiger partial charge in [0.05, 0.1) is 10.7 Å². The highest BCUT2D eigenvalue weighted by molar-refractivity contribution is 6.34. The summed E-state index contributed by atoms with van der Waals surface area (Å²) in [6.45, 7) is 7.91. The van der Waals surface area contributed by atoms with Crippen LogP contribution < -0.4 is 15.1 Å². The zero-order valence-electron chi connectivity index (χ0n) is 20.2. The number of pyridine rings is 1. The molecule has 2 fully saturated rings. The number of hydrogen-bond acceptors (Lipinski definition) is 5. The van der Waals surface area contributed by atoms with Crippen LogP contribution in [0.2, 0.25) is 5.02 Å². The van der Waals surface area contributed by atoms with Crippen molar-refractivity contribution in [2.45, 2.75) is 32.7 Å². The minimum absolute atomic E-state index is 0.0991. The van der Waals surface area contributed by atoms with Gasteiger partial charge >= 0.3 is 0 Å². The molecule has 1 amide bonds. The number of carbonyl (C=O) groups is 1. The summed E-state index contributed by atoms with van der Waals surface area (Å²) < 4.78 is 0. The maximum atomic E-state index is 12.1. The Labute approximate surface area is 211 Å². The molecule has 3 heterocycles. The molecule has 7 heteroatoms. The van der Waals surface area contributed by atoms with Gasteiger partial charge in [0, 0.05) is 56.0 Å². The van der Waals surface area contributed by atoms with Crippen molar-refractivity contribution in [3.8, 4) is 28.0 Å². The van der Waals surface area contributed by atoms with Gasteiger partial charge in [-0.25, -0.2) is 4.98 Å². The highest BCUT2D eigenvalue weighted by Crippen LogP contribution is 2.41. The predicted octanol–water partition coefficient (Wildman–Crippen LogP) is 5.34. The number of nitrogens with one attached hydrogen (secondary N) is 1. The lowest BCUT2D eigenvalue weighted by atomic mass is 9.97. The molecule has 2 aliphatic rings. The SMILES string of the molecule is CC1CN(c2cc(-c3cccc(-c4ccc(N5CCCC5=O)c(Cl)c4)c3O)ccn2)CCN[C@@H]1C. The fourth-order valence-corrected chi connectivity index (χ4v) is 5.28. The second-order valence-electron chi connectivity index (χ2n) is 9.59. The molecule has 182 valence electrons. The van der Waals surface area contributed by atoms with Gasteiger partial charge < -0.3 is 20.2 Å². The van der Waals surface area contributed by atoms with Crippen LogP contribution in [0.3, 0.4) is 0 Å². The maximum absolute atomic E-state index is 12.1. The highest BCUT2D eigenvalue weighted by Gasteiger charge is 2.24. The average Bonchev–Trinajstić information content (AvgIpc) is 3.20. The molecule has 3 aromatic rings. The number of amides is 1. The summed E-state index contributed by atoms with van der Waals surface area (Å²) in [5.41, 5.74) is 3.89. The van der Waals surface area contributed by atoms with Crippen molar-refractivity contribution < 1.29 is 9.90 Å². The number of aromatic hydroxyl groups is 1. The Balaban J connectivity index is 1.46. The summed E-state index contributed by atoms with van der Waals surface area (Å²) >= 11 is 6.58. The van der Waals surface area contributed by atoms with Crippen LogP contribution in [0.1, 0.15) is 26.7 Å². The number of carbonyl (C=O) groups excluding carboxylic acids is 1. The molecule has 2 aliphatic heterocycles. The Morgan fingerprint density at radius 1 is 1.06 bits per heavy atom. The second-order valence-corrected chi connectivity index (χ2v) is 9.99. The van der Waals surface area contributed by atoms with Gasteiger partial charge in [0.1, 0.15) is 11.6 Å². The zero-order chi connectivity index (χ0) is 24.5. The molecule has 2 saturated heterocycles. The quantitative estimate of drug-likeness (QED) is 0.517. The van der Waals surface area contributed by atoms with E-state index in [0.717, 1.165) is 54.3 Å². The molecular weight excluding hydrogens is 460 g/mol. The molecule has 1 unspecified atom stereocenters. The molecule has 2 atom stereocenters. The topological polar surface area (TPSA) is 68.7 Å². The normalized spacial score (nSPS) is 20.8. The predicted molar refractivity (Wildman–Crippen MR) is 142 cm³/mol. The third-order valence-electron chi connectivity index (χ3n) is 7.25. The number of benzene rings is 2. The van der Waals surface area contributed by atoms with Crippen LogP contribution in [0.5, 0.6) is 5.75 Å². The first-order valence-corrected chi connectivity index (χ1v) is 12.7. The van der Waals surface area contributed by atoms with E-state index < -0.39 is 0 Å². The average molecular weight is 491 g/mol. The van der Waals surface area contributed by atoms with E-state index in [1.807, 2.05) is 48.7 Å². The fraction of sp³-hybridized carbons (Fsp3) is 0.357. The van der Waals surface area contributed by atoms with E-state index in [2.05, 4.69) is 35.1 Å². The van der Waals surface area contributed by atoms with Crippen LogP contribution in [0.15, 0.2) is 54.7 Å². The first-order chi connectivity index (χ1) is 16.9.